The van der Waals surface area contributed by atoms with Crippen molar-refractivity contribution >= 4 is 35.1 Å². The molecule has 0 aliphatic carbocycles. The summed E-state index contributed by atoms with van der Waals surface area (Å²) in [7, 11) is 0. The molecule has 2 N–H and O–H groups in total. The first-order valence-corrected chi connectivity index (χ1v) is 17.4. The first-order chi connectivity index (χ1) is 23.7. The van der Waals surface area contributed by atoms with Gasteiger partial charge in [-0.25, -0.2) is 13.6 Å². The minimum absolute atomic E-state index is 0.0885. The molecule has 6 nitrogen and oxygen atoms in total. The molecule has 49 heavy (non-hydrogen) atoms. The Labute approximate surface area is 296 Å². The summed E-state index contributed by atoms with van der Waals surface area (Å²) in [4.78, 5) is 24.8. The summed E-state index contributed by atoms with van der Waals surface area (Å²) < 4.78 is 37.8. The zero-order valence-corrected chi connectivity index (χ0v) is 28.8. The fourth-order valence-corrected chi connectivity index (χ4v) is 5.89. The number of benzene rings is 4. The van der Waals surface area contributed by atoms with Gasteiger partial charge in [0.25, 0.3) is 5.91 Å². The predicted octanol–water partition coefficient (Wildman–Crippen LogP) is 10.8. The highest BCUT2D eigenvalue weighted by Gasteiger charge is 2.20. The molecule has 0 radical (unpaired) electrons. The lowest BCUT2D eigenvalue weighted by Gasteiger charge is -2.18. The Balaban J connectivity index is 1.23. The molecule has 0 aromatic heterocycles. The number of carbonyl (C=O) groups excluding carboxylic acids is 1. The van der Waals surface area contributed by atoms with E-state index >= 15 is 0 Å². The molecule has 4 aromatic rings. The van der Waals surface area contributed by atoms with Crippen LogP contribution in [0.3, 0.4) is 0 Å². The first kappa shape index (κ1) is 37.7. The van der Waals surface area contributed by atoms with Crippen LogP contribution in [0, 0.1) is 11.6 Å². The highest BCUT2D eigenvalue weighted by molar-refractivity contribution is 6.31. The quantitative estimate of drug-likeness (QED) is 0.0891. The molecule has 0 atom stereocenters. The van der Waals surface area contributed by atoms with Crippen LogP contribution in [0.1, 0.15) is 74.6 Å². The lowest BCUT2D eigenvalue weighted by Crippen LogP contribution is -2.24. The Morgan fingerprint density at radius 3 is 1.76 bits per heavy atom. The molecule has 0 aliphatic heterocycles. The number of rotatable bonds is 20. The molecule has 0 aliphatic rings. The number of carbonyl (C=O) groups is 2. The van der Waals surface area contributed by atoms with Crippen molar-refractivity contribution in [3.8, 4) is 33.8 Å². The van der Waals surface area contributed by atoms with Crippen LogP contribution in [0.15, 0.2) is 78.9 Å². The van der Waals surface area contributed by atoms with Crippen molar-refractivity contribution in [3.63, 3.8) is 0 Å². The molecule has 0 bridgehead atoms. The van der Waals surface area contributed by atoms with E-state index in [1.165, 1.54) is 12.1 Å². The van der Waals surface area contributed by atoms with Gasteiger partial charge in [-0.15, -0.1) is 0 Å². The van der Waals surface area contributed by atoms with E-state index in [4.69, 9.17) is 32.7 Å². The molecule has 0 spiro atoms. The summed E-state index contributed by atoms with van der Waals surface area (Å²) in [5.41, 5.74) is 2.85. The Kier molecular flexibility index (Phi) is 15.2. The minimum atomic E-state index is -1.13. The van der Waals surface area contributed by atoms with Crippen molar-refractivity contribution in [1.82, 2.24) is 5.32 Å². The maximum absolute atomic E-state index is 13.6. The zero-order valence-electron chi connectivity index (χ0n) is 27.3. The van der Waals surface area contributed by atoms with Crippen LogP contribution in [0.4, 0.5) is 8.78 Å². The molecule has 0 saturated carbocycles. The van der Waals surface area contributed by atoms with E-state index in [2.05, 4.69) is 5.32 Å². The summed E-state index contributed by atoms with van der Waals surface area (Å²) in [6.07, 6.45) is 10.4. The van der Waals surface area contributed by atoms with Crippen LogP contribution in [-0.2, 0) is 4.79 Å². The molecule has 260 valence electrons. The Morgan fingerprint density at radius 1 is 0.673 bits per heavy atom. The summed E-state index contributed by atoms with van der Waals surface area (Å²) in [6, 6.07) is 20.9. The van der Waals surface area contributed by atoms with Gasteiger partial charge >= 0.3 is 5.97 Å². The van der Waals surface area contributed by atoms with Crippen molar-refractivity contribution in [2.75, 3.05) is 19.8 Å². The van der Waals surface area contributed by atoms with E-state index in [0.717, 1.165) is 70.3 Å². The number of unbranched alkanes of at least 4 members (excludes halogenated alkanes) is 9. The molecular weight excluding hydrogens is 671 g/mol. The topological polar surface area (TPSA) is 84.9 Å². The predicted molar refractivity (Wildman–Crippen MR) is 191 cm³/mol. The number of carboxylic acids is 1. The van der Waals surface area contributed by atoms with Crippen LogP contribution >= 0.6 is 23.2 Å². The molecular formula is C39H41Cl2F2NO5. The number of carboxylic acid groups (broad SMARTS) is 1. The maximum Gasteiger partial charge on any atom is 0.341 e. The van der Waals surface area contributed by atoms with E-state index in [-0.39, 0.29) is 11.7 Å². The number of hydrogen-bond acceptors (Lipinski definition) is 4. The van der Waals surface area contributed by atoms with Gasteiger partial charge in [0, 0.05) is 39.3 Å². The normalized spacial score (nSPS) is 10.9. The van der Waals surface area contributed by atoms with Crippen LogP contribution in [0.2, 0.25) is 10.0 Å². The zero-order chi connectivity index (χ0) is 35.0. The van der Waals surface area contributed by atoms with Crippen molar-refractivity contribution in [3.05, 3.63) is 106 Å². The Bertz CT molecular complexity index is 1630. The maximum atomic E-state index is 13.6. The summed E-state index contributed by atoms with van der Waals surface area (Å²) in [5.74, 6) is -2.26. The highest BCUT2D eigenvalue weighted by atomic mass is 35.5. The largest absolute Gasteiger partial charge is 0.491 e. The van der Waals surface area contributed by atoms with Crippen molar-refractivity contribution < 1.29 is 33.0 Å². The van der Waals surface area contributed by atoms with Crippen molar-refractivity contribution in [2.45, 2.75) is 64.2 Å². The van der Waals surface area contributed by atoms with Gasteiger partial charge in [0.1, 0.15) is 11.6 Å². The molecule has 0 heterocycles. The molecule has 4 rings (SSSR count). The van der Waals surface area contributed by atoms with E-state index in [1.54, 1.807) is 48.5 Å². The van der Waals surface area contributed by atoms with Crippen LogP contribution in [0.5, 0.6) is 11.5 Å². The second-order valence-corrected chi connectivity index (χ2v) is 12.7. The molecule has 1 amide bonds. The minimum Gasteiger partial charge on any atom is -0.491 e. The molecule has 0 saturated heterocycles. The SMILES string of the molecule is O=C(O)COc1c(-c2cccc(Cl)c2)cc(C(=O)NCCCCCCCCCCCCOc2ccc(F)cc2F)cc1-c1cccc(Cl)c1. The monoisotopic (exact) mass is 711 g/mol. The van der Waals surface area contributed by atoms with Gasteiger partial charge < -0.3 is 19.9 Å². The third-order valence-corrected chi connectivity index (χ3v) is 8.44. The van der Waals surface area contributed by atoms with Gasteiger partial charge in [0.2, 0.25) is 0 Å². The van der Waals surface area contributed by atoms with Crippen LogP contribution < -0.4 is 14.8 Å². The lowest BCUT2D eigenvalue weighted by atomic mass is 9.94. The van der Waals surface area contributed by atoms with Gasteiger partial charge in [-0.3, -0.25) is 4.79 Å². The van der Waals surface area contributed by atoms with Crippen molar-refractivity contribution in [2.24, 2.45) is 0 Å². The molecule has 4 aromatic carbocycles. The van der Waals surface area contributed by atoms with E-state index in [1.807, 2.05) is 12.1 Å². The van der Waals surface area contributed by atoms with Gasteiger partial charge in [0.15, 0.2) is 18.2 Å². The summed E-state index contributed by atoms with van der Waals surface area (Å²) in [6.45, 7) is 0.377. The standard InChI is InChI=1S/C39H41Cl2F2NO5/c40-30-15-11-13-27(21-30)33-23-29(24-34(38(33)49-26-37(45)46)28-14-12-16-31(41)22-28)39(47)44-19-9-7-5-3-1-2-4-6-8-10-20-48-36-18-17-32(42)25-35(36)43/h11-18,21-25H,1-10,19-20,26H2,(H,44,47)(H,45,46). The van der Waals surface area contributed by atoms with E-state index in [9.17, 15) is 23.5 Å². The molecule has 10 heteroatoms. The van der Waals surface area contributed by atoms with Gasteiger partial charge in [-0.05, 0) is 72.5 Å². The fourth-order valence-electron chi connectivity index (χ4n) is 5.51. The average molecular weight is 713 g/mol. The number of hydrogen-bond donors (Lipinski definition) is 2. The average Bonchev–Trinajstić information content (AvgIpc) is 3.07. The van der Waals surface area contributed by atoms with Gasteiger partial charge in [-0.2, -0.15) is 0 Å². The lowest BCUT2D eigenvalue weighted by molar-refractivity contribution is -0.139. The number of amides is 1. The first-order valence-electron chi connectivity index (χ1n) is 16.6. The summed E-state index contributed by atoms with van der Waals surface area (Å²) >= 11 is 12.6. The number of ether oxygens (including phenoxy) is 2. The van der Waals surface area contributed by atoms with Crippen LogP contribution in [-0.4, -0.2) is 36.7 Å². The highest BCUT2D eigenvalue weighted by Crippen LogP contribution is 2.41. The molecule has 0 fully saturated rings. The van der Waals surface area contributed by atoms with Crippen LogP contribution in [0.25, 0.3) is 22.3 Å². The second-order valence-electron chi connectivity index (χ2n) is 11.8. The van der Waals surface area contributed by atoms with E-state index in [0.29, 0.717) is 56.8 Å². The third-order valence-electron chi connectivity index (χ3n) is 7.97. The number of halogens is 4. The van der Waals surface area contributed by atoms with E-state index < -0.39 is 24.2 Å². The smallest absolute Gasteiger partial charge is 0.341 e. The van der Waals surface area contributed by atoms with Crippen molar-refractivity contribution in [1.29, 1.82) is 0 Å². The summed E-state index contributed by atoms with van der Waals surface area (Å²) in [5, 5.41) is 13.4. The Hall–Kier alpha value is -4.14. The Morgan fingerprint density at radius 2 is 1.22 bits per heavy atom. The number of aliphatic carboxylic acids is 1. The third kappa shape index (κ3) is 12.4. The fraction of sp³-hybridized carbons (Fsp3) is 0.333. The van der Waals surface area contributed by atoms with Gasteiger partial charge in [-0.1, -0.05) is 98.8 Å². The van der Waals surface area contributed by atoms with Gasteiger partial charge in [0.05, 0.1) is 6.61 Å². The molecule has 0 unspecified atom stereocenters. The number of nitrogens with one attached hydrogen (secondary N) is 1. The second kappa shape index (κ2) is 19.8.